The molecule has 0 saturated heterocycles. The van der Waals surface area contributed by atoms with E-state index in [0.717, 1.165) is 12.8 Å². The molecule has 4 heteroatoms. The fraction of sp³-hybridized carbons (Fsp3) is 1.00. The molecule has 0 amide bonds. The minimum atomic E-state index is -2.97. The van der Waals surface area contributed by atoms with Crippen molar-refractivity contribution in [2.24, 2.45) is 11.8 Å². The third kappa shape index (κ3) is 2.05. The molecular formula is C9H19NO2S. The first-order chi connectivity index (χ1) is 5.85. The van der Waals surface area contributed by atoms with Gasteiger partial charge in [0.15, 0.2) is 0 Å². The van der Waals surface area contributed by atoms with Gasteiger partial charge < -0.3 is 0 Å². The molecule has 0 aromatic heterocycles. The van der Waals surface area contributed by atoms with Crippen LogP contribution in [-0.2, 0) is 10.0 Å². The largest absolute Gasteiger partial charge is 0.216 e. The summed E-state index contributed by atoms with van der Waals surface area (Å²) in [5.41, 5.74) is 0. The number of hydrogen-bond donors (Lipinski definition) is 0. The van der Waals surface area contributed by atoms with Crippen molar-refractivity contribution in [2.75, 3.05) is 14.1 Å². The highest BCUT2D eigenvalue weighted by atomic mass is 32.2. The normalized spacial score (nSPS) is 29.4. The Morgan fingerprint density at radius 1 is 1.23 bits per heavy atom. The van der Waals surface area contributed by atoms with Gasteiger partial charge in [0.25, 0.3) is 0 Å². The van der Waals surface area contributed by atoms with E-state index in [1.54, 1.807) is 14.1 Å². The maximum absolute atomic E-state index is 11.6. The Balaban J connectivity index is 2.53. The Labute approximate surface area is 81.2 Å². The van der Waals surface area contributed by atoms with Crippen molar-refractivity contribution in [3.8, 4) is 0 Å². The zero-order valence-corrected chi connectivity index (χ0v) is 9.63. The summed E-state index contributed by atoms with van der Waals surface area (Å²) in [6.45, 7) is 4.31. The first-order valence-corrected chi connectivity index (χ1v) is 6.27. The molecule has 3 nitrogen and oxygen atoms in total. The lowest BCUT2D eigenvalue weighted by Gasteiger charge is -2.38. The van der Waals surface area contributed by atoms with Crippen LogP contribution >= 0.6 is 0 Å². The summed E-state index contributed by atoms with van der Waals surface area (Å²) in [5.74, 6) is 1.23. The van der Waals surface area contributed by atoms with Crippen LogP contribution in [0, 0.1) is 11.8 Å². The molecule has 0 atom stereocenters. The molecule has 1 fully saturated rings. The molecule has 0 radical (unpaired) electrons. The molecule has 1 aliphatic carbocycles. The standard InChI is InChI=1S/C9H19NO2S/c1-7(2)8-5-9(6-8)13(11,12)10(3)4/h7-9H,5-6H2,1-4H3/t8-,9+. The monoisotopic (exact) mass is 205 g/mol. The number of sulfonamides is 1. The van der Waals surface area contributed by atoms with Crippen molar-refractivity contribution < 1.29 is 8.42 Å². The van der Waals surface area contributed by atoms with Gasteiger partial charge in [0.05, 0.1) is 5.25 Å². The molecule has 0 aliphatic heterocycles. The molecule has 0 N–H and O–H groups in total. The van der Waals surface area contributed by atoms with Gasteiger partial charge in [-0.15, -0.1) is 0 Å². The van der Waals surface area contributed by atoms with Crippen molar-refractivity contribution in [1.82, 2.24) is 4.31 Å². The molecule has 0 spiro atoms. The zero-order chi connectivity index (χ0) is 10.2. The highest BCUT2D eigenvalue weighted by Gasteiger charge is 2.40. The fourth-order valence-electron chi connectivity index (χ4n) is 1.69. The van der Waals surface area contributed by atoms with E-state index in [1.807, 2.05) is 0 Å². The van der Waals surface area contributed by atoms with E-state index in [9.17, 15) is 8.42 Å². The van der Waals surface area contributed by atoms with Gasteiger partial charge in [-0.2, -0.15) is 0 Å². The van der Waals surface area contributed by atoms with Crippen molar-refractivity contribution in [3.05, 3.63) is 0 Å². The third-order valence-corrected chi connectivity index (χ3v) is 5.25. The molecule has 0 heterocycles. The van der Waals surface area contributed by atoms with Crippen molar-refractivity contribution in [2.45, 2.75) is 31.9 Å². The minimum absolute atomic E-state index is 0.116. The number of nitrogens with zero attached hydrogens (tertiary/aromatic N) is 1. The molecular weight excluding hydrogens is 186 g/mol. The van der Waals surface area contributed by atoms with E-state index in [1.165, 1.54) is 4.31 Å². The molecule has 13 heavy (non-hydrogen) atoms. The summed E-state index contributed by atoms with van der Waals surface area (Å²) in [5, 5.41) is -0.116. The van der Waals surface area contributed by atoms with Crippen LogP contribution in [0.2, 0.25) is 0 Å². The smallest absolute Gasteiger partial charge is 0.212 e. The summed E-state index contributed by atoms with van der Waals surface area (Å²) in [7, 11) is 0.245. The van der Waals surface area contributed by atoms with Gasteiger partial charge in [-0.05, 0) is 24.7 Å². The van der Waals surface area contributed by atoms with Crippen molar-refractivity contribution in [1.29, 1.82) is 0 Å². The molecule has 78 valence electrons. The van der Waals surface area contributed by atoms with E-state index >= 15 is 0 Å². The van der Waals surface area contributed by atoms with E-state index in [2.05, 4.69) is 13.8 Å². The lowest BCUT2D eigenvalue weighted by Crippen LogP contribution is -2.43. The van der Waals surface area contributed by atoms with Gasteiger partial charge >= 0.3 is 0 Å². The SMILES string of the molecule is CC(C)[C@H]1C[C@@H](S(=O)(=O)N(C)C)C1. The van der Waals surface area contributed by atoms with E-state index in [-0.39, 0.29) is 5.25 Å². The van der Waals surface area contributed by atoms with Crippen LogP contribution in [-0.4, -0.2) is 32.1 Å². The Kier molecular flexibility index (Phi) is 3.02. The van der Waals surface area contributed by atoms with Gasteiger partial charge in [-0.1, -0.05) is 13.8 Å². The second kappa shape index (κ2) is 3.58. The van der Waals surface area contributed by atoms with Crippen LogP contribution in [0.1, 0.15) is 26.7 Å². The zero-order valence-electron chi connectivity index (χ0n) is 8.82. The maximum atomic E-state index is 11.6. The summed E-state index contributed by atoms with van der Waals surface area (Å²) >= 11 is 0. The van der Waals surface area contributed by atoms with Crippen LogP contribution in [0.4, 0.5) is 0 Å². The van der Waals surface area contributed by atoms with Gasteiger partial charge in [0, 0.05) is 14.1 Å². The highest BCUT2D eigenvalue weighted by Crippen LogP contribution is 2.38. The van der Waals surface area contributed by atoms with Gasteiger partial charge in [-0.25, -0.2) is 12.7 Å². The van der Waals surface area contributed by atoms with Gasteiger partial charge in [-0.3, -0.25) is 0 Å². The highest BCUT2D eigenvalue weighted by molar-refractivity contribution is 7.89. The van der Waals surface area contributed by atoms with Crippen molar-refractivity contribution in [3.63, 3.8) is 0 Å². The lowest BCUT2D eigenvalue weighted by atomic mass is 9.77. The Morgan fingerprint density at radius 3 is 2.00 bits per heavy atom. The Hall–Kier alpha value is -0.0900. The molecule has 1 saturated carbocycles. The summed E-state index contributed by atoms with van der Waals surface area (Å²) < 4.78 is 24.6. The second-order valence-corrected chi connectivity index (χ2v) is 6.85. The van der Waals surface area contributed by atoms with E-state index < -0.39 is 10.0 Å². The summed E-state index contributed by atoms with van der Waals surface area (Å²) in [6.07, 6.45) is 1.69. The molecule has 1 aliphatic rings. The van der Waals surface area contributed by atoms with E-state index in [4.69, 9.17) is 0 Å². The second-order valence-electron chi connectivity index (χ2n) is 4.42. The predicted molar refractivity (Wildman–Crippen MR) is 54.0 cm³/mol. The van der Waals surface area contributed by atoms with Crippen LogP contribution in [0.15, 0.2) is 0 Å². The maximum Gasteiger partial charge on any atom is 0.216 e. The van der Waals surface area contributed by atoms with Crippen LogP contribution in [0.3, 0.4) is 0 Å². The number of rotatable bonds is 3. The van der Waals surface area contributed by atoms with E-state index in [0.29, 0.717) is 11.8 Å². The van der Waals surface area contributed by atoms with Gasteiger partial charge in [0.1, 0.15) is 0 Å². The molecule has 1 rings (SSSR count). The first kappa shape index (κ1) is 11.0. The summed E-state index contributed by atoms with van der Waals surface area (Å²) in [4.78, 5) is 0. The molecule has 0 aromatic carbocycles. The lowest BCUT2D eigenvalue weighted by molar-refractivity contribution is 0.233. The average Bonchev–Trinajstić information content (AvgIpc) is 1.80. The molecule has 0 bridgehead atoms. The third-order valence-electron chi connectivity index (χ3n) is 3.00. The topological polar surface area (TPSA) is 37.4 Å². The summed E-state index contributed by atoms with van der Waals surface area (Å²) in [6, 6.07) is 0. The van der Waals surface area contributed by atoms with Crippen molar-refractivity contribution >= 4 is 10.0 Å². The molecule has 0 unspecified atom stereocenters. The first-order valence-electron chi connectivity index (χ1n) is 4.77. The van der Waals surface area contributed by atoms with Crippen LogP contribution in [0.5, 0.6) is 0 Å². The quantitative estimate of drug-likeness (QED) is 0.696. The predicted octanol–water partition coefficient (Wildman–Crippen LogP) is 1.31. The minimum Gasteiger partial charge on any atom is -0.212 e. The Morgan fingerprint density at radius 2 is 1.69 bits per heavy atom. The van der Waals surface area contributed by atoms with Gasteiger partial charge in [0.2, 0.25) is 10.0 Å². The number of hydrogen-bond acceptors (Lipinski definition) is 2. The van der Waals surface area contributed by atoms with Crippen LogP contribution in [0.25, 0.3) is 0 Å². The molecule has 0 aromatic rings. The van der Waals surface area contributed by atoms with Crippen LogP contribution < -0.4 is 0 Å². The fourth-order valence-corrected chi connectivity index (χ4v) is 3.27. The Bertz CT molecular complexity index is 263. The average molecular weight is 205 g/mol.